The number of rotatable bonds is 8. The number of aromatic hydroxyl groups is 1. The third kappa shape index (κ3) is 6.38. The Bertz CT molecular complexity index is 954. The van der Waals surface area contributed by atoms with Crippen LogP contribution in [0, 0.1) is 0 Å². The summed E-state index contributed by atoms with van der Waals surface area (Å²) in [5, 5.41) is 12.9. The summed E-state index contributed by atoms with van der Waals surface area (Å²) in [4.78, 5) is 29.7. The SMILES string of the molecule is CCCO[C@H]1CCC[C@H](NC(=O)c2nccc(OC)c2O)C(=O)O[C@@H](C)[C@@H]1Oc1ccccc1. The fourth-order valence-electron chi connectivity index (χ4n) is 3.84. The maximum absolute atomic E-state index is 13.0. The van der Waals surface area contributed by atoms with Crippen molar-refractivity contribution in [3.63, 3.8) is 0 Å². The summed E-state index contributed by atoms with van der Waals surface area (Å²) >= 11 is 0. The first-order chi connectivity index (χ1) is 16.4. The minimum Gasteiger partial charge on any atom is -0.503 e. The highest BCUT2D eigenvalue weighted by Gasteiger charge is 2.36. The van der Waals surface area contributed by atoms with Crippen LogP contribution in [0.4, 0.5) is 0 Å². The molecule has 0 bridgehead atoms. The molecule has 4 atom stereocenters. The zero-order chi connectivity index (χ0) is 24.5. The van der Waals surface area contributed by atoms with E-state index in [0.29, 0.717) is 31.6 Å². The Labute approximate surface area is 199 Å². The number of hydrogen-bond donors (Lipinski definition) is 2. The van der Waals surface area contributed by atoms with Crippen molar-refractivity contribution in [1.29, 1.82) is 0 Å². The molecule has 1 aromatic heterocycles. The highest BCUT2D eigenvalue weighted by Crippen LogP contribution is 2.28. The van der Waals surface area contributed by atoms with Gasteiger partial charge in [-0.05, 0) is 44.7 Å². The molecule has 34 heavy (non-hydrogen) atoms. The van der Waals surface area contributed by atoms with Crippen LogP contribution in [0.15, 0.2) is 42.6 Å². The van der Waals surface area contributed by atoms with Gasteiger partial charge in [0.15, 0.2) is 23.3 Å². The van der Waals surface area contributed by atoms with Crippen LogP contribution < -0.4 is 14.8 Å². The van der Waals surface area contributed by atoms with E-state index in [1.807, 2.05) is 37.3 Å². The van der Waals surface area contributed by atoms with Gasteiger partial charge in [0.05, 0.1) is 13.2 Å². The largest absolute Gasteiger partial charge is 0.503 e. The van der Waals surface area contributed by atoms with Gasteiger partial charge in [0.25, 0.3) is 5.91 Å². The number of ether oxygens (including phenoxy) is 4. The number of esters is 1. The van der Waals surface area contributed by atoms with Crippen LogP contribution >= 0.6 is 0 Å². The van der Waals surface area contributed by atoms with Crippen LogP contribution in [0.25, 0.3) is 0 Å². The van der Waals surface area contributed by atoms with Crippen LogP contribution in [0.1, 0.15) is 50.0 Å². The molecule has 2 heterocycles. The number of amides is 1. The molecule has 0 saturated carbocycles. The Morgan fingerprint density at radius 3 is 2.71 bits per heavy atom. The topological polar surface area (TPSA) is 116 Å². The van der Waals surface area contributed by atoms with Crippen LogP contribution in [0.5, 0.6) is 17.2 Å². The van der Waals surface area contributed by atoms with Crippen LogP contribution in [-0.4, -0.2) is 60.0 Å². The lowest BCUT2D eigenvalue weighted by Crippen LogP contribution is -2.46. The van der Waals surface area contributed by atoms with E-state index >= 15 is 0 Å². The van der Waals surface area contributed by atoms with E-state index in [1.165, 1.54) is 19.4 Å². The van der Waals surface area contributed by atoms with Crippen molar-refractivity contribution >= 4 is 11.9 Å². The number of para-hydroxylation sites is 1. The van der Waals surface area contributed by atoms with Crippen molar-refractivity contribution in [1.82, 2.24) is 10.3 Å². The lowest BCUT2D eigenvalue weighted by molar-refractivity contribution is -0.159. The molecule has 0 aliphatic carbocycles. The average molecular weight is 473 g/mol. The van der Waals surface area contributed by atoms with Gasteiger partial charge in [0.2, 0.25) is 0 Å². The minimum atomic E-state index is -0.912. The molecule has 1 aliphatic rings. The molecule has 2 N–H and O–H groups in total. The minimum absolute atomic E-state index is 0.114. The maximum atomic E-state index is 13.0. The summed E-state index contributed by atoms with van der Waals surface area (Å²) in [5.74, 6) is -0.898. The second-order valence-electron chi connectivity index (χ2n) is 8.11. The maximum Gasteiger partial charge on any atom is 0.329 e. The molecule has 1 amide bonds. The van der Waals surface area contributed by atoms with E-state index in [9.17, 15) is 14.7 Å². The van der Waals surface area contributed by atoms with E-state index in [4.69, 9.17) is 18.9 Å². The fourth-order valence-corrected chi connectivity index (χ4v) is 3.84. The van der Waals surface area contributed by atoms with Crippen LogP contribution in [-0.2, 0) is 14.3 Å². The van der Waals surface area contributed by atoms with Crippen LogP contribution in [0.2, 0.25) is 0 Å². The Hall–Kier alpha value is -3.33. The summed E-state index contributed by atoms with van der Waals surface area (Å²) < 4.78 is 23.0. The summed E-state index contributed by atoms with van der Waals surface area (Å²) in [5.41, 5.74) is -0.227. The molecule has 9 heteroatoms. The Balaban J connectivity index is 1.77. The average Bonchev–Trinajstić information content (AvgIpc) is 2.88. The van der Waals surface area contributed by atoms with Gasteiger partial charge < -0.3 is 29.4 Å². The van der Waals surface area contributed by atoms with E-state index in [-0.39, 0.29) is 17.5 Å². The van der Waals surface area contributed by atoms with Crippen molar-refractivity contribution in [2.45, 2.75) is 63.9 Å². The van der Waals surface area contributed by atoms with Crippen molar-refractivity contribution < 1.29 is 33.6 Å². The van der Waals surface area contributed by atoms with Gasteiger partial charge >= 0.3 is 5.97 Å². The molecule has 2 aromatic rings. The lowest BCUT2D eigenvalue weighted by Gasteiger charge is -2.31. The van der Waals surface area contributed by atoms with Gasteiger partial charge in [-0.25, -0.2) is 9.78 Å². The number of benzene rings is 1. The molecule has 1 fully saturated rings. The normalized spacial score (nSPS) is 23.1. The highest BCUT2D eigenvalue weighted by molar-refractivity contribution is 5.97. The Kier molecular flexibility index (Phi) is 9.09. The van der Waals surface area contributed by atoms with Gasteiger partial charge in [-0.1, -0.05) is 25.1 Å². The van der Waals surface area contributed by atoms with Crippen molar-refractivity contribution in [2.75, 3.05) is 13.7 Å². The molecule has 3 rings (SSSR count). The van der Waals surface area contributed by atoms with Gasteiger partial charge in [-0.2, -0.15) is 0 Å². The van der Waals surface area contributed by atoms with Gasteiger partial charge in [-0.15, -0.1) is 0 Å². The number of carbonyl (C=O) groups excluding carboxylic acids is 2. The number of hydrogen-bond acceptors (Lipinski definition) is 8. The molecule has 9 nitrogen and oxygen atoms in total. The number of pyridine rings is 1. The standard InChI is InChI=1S/C25H32N2O7/c1-4-15-32-20-12-8-11-18(27-24(29)21-22(28)19(31-3)13-14-26-21)25(30)33-16(2)23(20)34-17-9-6-5-7-10-17/h5-7,9-10,13-14,16,18,20,23,28H,4,8,11-12,15H2,1-3H3,(H,27,29)/t16-,18-,20-,23-/m0/s1. The number of cyclic esters (lactones) is 1. The van der Waals surface area contributed by atoms with Gasteiger partial charge in [-0.3, -0.25) is 4.79 Å². The molecule has 1 aromatic carbocycles. The summed E-state index contributed by atoms with van der Waals surface area (Å²) in [6.07, 6.45) is 2.30. The molecule has 184 valence electrons. The van der Waals surface area contributed by atoms with E-state index in [1.54, 1.807) is 6.92 Å². The third-order valence-electron chi connectivity index (χ3n) is 5.58. The van der Waals surface area contributed by atoms with E-state index < -0.39 is 35.9 Å². The van der Waals surface area contributed by atoms with E-state index in [0.717, 1.165) is 6.42 Å². The second kappa shape index (κ2) is 12.2. The predicted octanol–water partition coefficient (Wildman–Crippen LogP) is 3.25. The lowest BCUT2D eigenvalue weighted by atomic mass is 10.0. The number of methoxy groups -OCH3 is 1. The Morgan fingerprint density at radius 1 is 1.24 bits per heavy atom. The quantitative estimate of drug-likeness (QED) is 0.563. The highest BCUT2D eigenvalue weighted by atomic mass is 16.6. The van der Waals surface area contributed by atoms with E-state index in [2.05, 4.69) is 10.3 Å². The van der Waals surface area contributed by atoms with Crippen molar-refractivity contribution in [3.05, 3.63) is 48.3 Å². The molecular weight excluding hydrogens is 440 g/mol. The first-order valence-corrected chi connectivity index (χ1v) is 11.5. The molecule has 0 unspecified atom stereocenters. The molecule has 0 spiro atoms. The van der Waals surface area contributed by atoms with Crippen molar-refractivity contribution in [3.8, 4) is 17.2 Å². The predicted molar refractivity (Wildman–Crippen MR) is 124 cm³/mol. The summed E-state index contributed by atoms with van der Waals surface area (Å²) in [6, 6.07) is 9.85. The zero-order valence-electron chi connectivity index (χ0n) is 19.7. The first kappa shape index (κ1) is 25.3. The third-order valence-corrected chi connectivity index (χ3v) is 5.58. The zero-order valence-corrected chi connectivity index (χ0v) is 19.7. The van der Waals surface area contributed by atoms with Crippen LogP contribution in [0.3, 0.4) is 0 Å². The monoisotopic (exact) mass is 472 g/mol. The number of nitrogens with zero attached hydrogens (tertiary/aromatic N) is 1. The van der Waals surface area contributed by atoms with Gasteiger partial charge in [0, 0.05) is 18.9 Å². The fraction of sp³-hybridized carbons (Fsp3) is 0.480. The number of carbonyl (C=O) groups is 2. The number of aromatic nitrogens is 1. The number of nitrogens with one attached hydrogen (secondary N) is 1. The summed E-state index contributed by atoms with van der Waals surface area (Å²) in [7, 11) is 1.37. The second-order valence-corrected chi connectivity index (χ2v) is 8.11. The van der Waals surface area contributed by atoms with Crippen molar-refractivity contribution in [2.24, 2.45) is 0 Å². The Morgan fingerprint density at radius 2 is 2.00 bits per heavy atom. The molecular formula is C25H32N2O7. The molecule has 1 aliphatic heterocycles. The summed E-state index contributed by atoms with van der Waals surface area (Å²) in [6.45, 7) is 4.34. The molecule has 0 radical (unpaired) electrons. The first-order valence-electron chi connectivity index (χ1n) is 11.5. The molecule has 1 saturated heterocycles. The smallest absolute Gasteiger partial charge is 0.329 e. The van der Waals surface area contributed by atoms with Gasteiger partial charge in [0.1, 0.15) is 17.9 Å².